The minimum absolute atomic E-state index is 0.0583. The molecule has 2 aromatic carbocycles. The first-order chi connectivity index (χ1) is 21.2. The van der Waals surface area contributed by atoms with Crippen molar-refractivity contribution in [3.63, 3.8) is 0 Å². The first-order valence-electron chi connectivity index (χ1n) is 15.0. The summed E-state index contributed by atoms with van der Waals surface area (Å²) in [6.45, 7) is 6.10. The Morgan fingerprint density at radius 2 is 1.82 bits per heavy atom. The molecule has 2 heterocycles. The van der Waals surface area contributed by atoms with Gasteiger partial charge in [-0.15, -0.1) is 0 Å². The minimum Gasteiger partial charge on any atom is -0.497 e. The first kappa shape index (κ1) is 32.3. The molecule has 4 atom stereocenters. The van der Waals surface area contributed by atoms with Crippen LogP contribution in [0.3, 0.4) is 0 Å². The lowest BCUT2D eigenvalue weighted by atomic mass is 9.85. The third kappa shape index (κ3) is 7.24. The third-order valence-corrected chi connectivity index (χ3v) is 8.70. The number of β-amino-alcohol motifs (C(OH)–C–C–N with tert-alkyl or cyclic N) is 1. The minimum atomic E-state index is -0.813. The number of carbonyl (C=O) groups is 1. The average Bonchev–Trinajstić information content (AvgIpc) is 3.41. The molecule has 236 valence electrons. The number of aliphatic hydroxyl groups excluding tert-OH is 2. The van der Waals surface area contributed by atoms with Crippen LogP contribution in [0.25, 0.3) is 0 Å². The number of halogens is 2. The highest BCUT2D eigenvalue weighted by Crippen LogP contribution is 2.43. The first-order valence-corrected chi connectivity index (χ1v) is 15.8. The molecule has 2 aliphatic heterocycles. The van der Waals surface area contributed by atoms with Gasteiger partial charge in [0.1, 0.15) is 17.3 Å². The van der Waals surface area contributed by atoms with Gasteiger partial charge in [-0.1, -0.05) is 47.5 Å². The lowest BCUT2D eigenvalue weighted by Crippen LogP contribution is -2.57. The van der Waals surface area contributed by atoms with Crippen molar-refractivity contribution in [3.8, 4) is 11.5 Å². The molecule has 11 heteroatoms. The highest BCUT2D eigenvalue weighted by atomic mass is 35.5. The number of rotatable bonds is 9. The Morgan fingerprint density at radius 3 is 2.43 bits per heavy atom. The van der Waals surface area contributed by atoms with Gasteiger partial charge in [-0.25, -0.2) is 4.79 Å². The number of methoxy groups -OCH3 is 1. The third-order valence-electron chi connectivity index (χ3n) is 8.17. The number of hydrogen-bond acceptors (Lipinski definition) is 7. The number of benzene rings is 2. The molecule has 1 saturated heterocycles. The van der Waals surface area contributed by atoms with Gasteiger partial charge >= 0.3 is 6.03 Å². The summed E-state index contributed by atoms with van der Waals surface area (Å²) in [6.07, 6.45) is 5.67. The molecule has 5 rings (SSSR count). The molecule has 2 amide bonds. The van der Waals surface area contributed by atoms with E-state index in [2.05, 4.69) is 11.0 Å². The zero-order valence-electron chi connectivity index (χ0n) is 25.3. The van der Waals surface area contributed by atoms with Crippen molar-refractivity contribution in [2.75, 3.05) is 46.4 Å². The molecule has 0 radical (unpaired) electrons. The SMILES string of the molecule is COc1ccc(C2=NC(c3ccc(Cl)cc3)C(C3C=CC(Cl)=CC3)N2C(=O)N2CCN(CC(O)CO)CC2)c(OC(C)C)c1. The zero-order valence-corrected chi connectivity index (χ0v) is 26.8. The normalized spacial score (nSPS) is 23.0. The van der Waals surface area contributed by atoms with Crippen LogP contribution in [0.1, 0.15) is 37.4 Å². The van der Waals surface area contributed by atoms with Crippen LogP contribution in [0.4, 0.5) is 4.79 Å². The summed E-state index contributed by atoms with van der Waals surface area (Å²) in [6, 6.07) is 12.4. The van der Waals surface area contributed by atoms with E-state index in [1.54, 1.807) is 7.11 Å². The molecule has 0 bridgehead atoms. The summed E-state index contributed by atoms with van der Waals surface area (Å²) in [5, 5.41) is 20.5. The van der Waals surface area contributed by atoms with Crippen LogP contribution in [-0.2, 0) is 0 Å². The predicted molar refractivity (Wildman–Crippen MR) is 173 cm³/mol. The zero-order chi connectivity index (χ0) is 31.4. The van der Waals surface area contributed by atoms with Gasteiger partial charge in [0.2, 0.25) is 0 Å². The van der Waals surface area contributed by atoms with Gasteiger partial charge in [-0.05, 0) is 56.2 Å². The van der Waals surface area contributed by atoms with Crippen molar-refractivity contribution in [1.82, 2.24) is 14.7 Å². The number of urea groups is 1. The van der Waals surface area contributed by atoms with E-state index in [1.807, 2.05) is 78.3 Å². The standard InChI is InChI=1S/C33H40Cl2N4O5/c1-21(2)44-29-18-27(43-3)12-13-28(29)32-36-30(22-4-8-24(34)9-5-22)31(23-6-10-25(35)11-7-23)39(32)33(42)38-16-14-37(15-17-38)19-26(41)20-40/h4-6,8-13,18,21,23,26,30-31,40-41H,7,14-17,19-20H2,1-3H3. The van der Waals surface area contributed by atoms with Crippen LogP contribution in [0.2, 0.25) is 5.02 Å². The van der Waals surface area contributed by atoms with E-state index in [0.717, 1.165) is 5.56 Å². The highest BCUT2D eigenvalue weighted by Gasteiger charge is 2.47. The Bertz CT molecular complexity index is 1410. The summed E-state index contributed by atoms with van der Waals surface area (Å²) >= 11 is 12.6. The monoisotopic (exact) mass is 642 g/mol. The van der Waals surface area contributed by atoms with Crippen LogP contribution in [0.15, 0.2) is 70.7 Å². The van der Waals surface area contributed by atoms with Gasteiger partial charge in [0.25, 0.3) is 0 Å². The molecule has 4 unspecified atom stereocenters. The average molecular weight is 644 g/mol. The van der Waals surface area contributed by atoms with E-state index in [0.29, 0.717) is 72.1 Å². The summed E-state index contributed by atoms with van der Waals surface area (Å²) < 4.78 is 11.8. The van der Waals surface area contributed by atoms with E-state index in [-0.39, 0.29) is 36.7 Å². The smallest absolute Gasteiger partial charge is 0.326 e. The lowest BCUT2D eigenvalue weighted by Gasteiger charge is -2.41. The van der Waals surface area contributed by atoms with Crippen LogP contribution in [0, 0.1) is 5.92 Å². The number of carbonyl (C=O) groups excluding carboxylic acids is 1. The second-order valence-electron chi connectivity index (χ2n) is 11.6. The quantitative estimate of drug-likeness (QED) is 0.395. The Balaban J connectivity index is 1.58. The van der Waals surface area contributed by atoms with Crippen LogP contribution >= 0.6 is 23.2 Å². The molecule has 3 aliphatic rings. The predicted octanol–water partition coefficient (Wildman–Crippen LogP) is 5.10. The van der Waals surface area contributed by atoms with Crippen LogP contribution in [-0.4, -0.2) is 101 Å². The molecule has 1 fully saturated rings. The Kier molecular flexibility index (Phi) is 10.5. The van der Waals surface area contributed by atoms with E-state index < -0.39 is 6.10 Å². The number of amidine groups is 1. The van der Waals surface area contributed by atoms with Crippen molar-refractivity contribution < 1.29 is 24.5 Å². The van der Waals surface area contributed by atoms with Crippen molar-refractivity contribution in [2.24, 2.45) is 10.9 Å². The molecule has 0 spiro atoms. The largest absolute Gasteiger partial charge is 0.497 e. The van der Waals surface area contributed by atoms with Crippen molar-refractivity contribution in [2.45, 2.75) is 44.6 Å². The molecule has 0 aromatic heterocycles. The topological polar surface area (TPSA) is 98.1 Å². The van der Waals surface area contributed by atoms with Gasteiger partial charge in [0, 0.05) is 54.8 Å². The number of amides is 2. The fourth-order valence-electron chi connectivity index (χ4n) is 5.99. The van der Waals surface area contributed by atoms with Crippen LogP contribution < -0.4 is 9.47 Å². The number of nitrogens with zero attached hydrogens (tertiary/aromatic N) is 4. The molecule has 44 heavy (non-hydrogen) atoms. The summed E-state index contributed by atoms with van der Waals surface area (Å²) in [7, 11) is 1.61. The van der Waals surface area contributed by atoms with Gasteiger partial charge in [0.05, 0.1) is 43.6 Å². The molecule has 2 aromatic rings. The number of piperazine rings is 1. The van der Waals surface area contributed by atoms with Gasteiger partial charge < -0.3 is 24.6 Å². The Labute approximate surface area is 269 Å². The summed E-state index contributed by atoms with van der Waals surface area (Å²) in [5.41, 5.74) is 1.65. The lowest BCUT2D eigenvalue weighted by molar-refractivity contribution is 0.0420. The number of ether oxygens (including phenoxy) is 2. The van der Waals surface area contributed by atoms with Crippen LogP contribution in [0.5, 0.6) is 11.5 Å². The molecule has 2 N–H and O–H groups in total. The number of aliphatic imine (C=N–C) groups is 1. The molecule has 9 nitrogen and oxygen atoms in total. The highest BCUT2D eigenvalue weighted by molar-refractivity contribution is 6.31. The number of hydrogen-bond donors (Lipinski definition) is 2. The summed E-state index contributed by atoms with van der Waals surface area (Å²) in [4.78, 5) is 25.7. The van der Waals surface area contributed by atoms with Gasteiger partial charge in [0.15, 0.2) is 0 Å². The van der Waals surface area contributed by atoms with E-state index in [1.165, 1.54) is 0 Å². The second-order valence-corrected chi connectivity index (χ2v) is 12.5. The van der Waals surface area contributed by atoms with Crippen molar-refractivity contribution >= 4 is 35.1 Å². The molecular weight excluding hydrogens is 603 g/mol. The number of allylic oxidation sites excluding steroid dienone is 3. The summed E-state index contributed by atoms with van der Waals surface area (Å²) in [5.74, 6) is 1.70. The van der Waals surface area contributed by atoms with E-state index in [4.69, 9.17) is 37.7 Å². The maximum Gasteiger partial charge on any atom is 0.326 e. The van der Waals surface area contributed by atoms with Gasteiger partial charge in [-0.3, -0.25) is 14.8 Å². The Hall–Kier alpha value is -3.08. The maximum absolute atomic E-state index is 14.7. The fraction of sp³-hybridized carbons (Fsp3) is 0.455. The van der Waals surface area contributed by atoms with E-state index >= 15 is 0 Å². The molecule has 1 aliphatic carbocycles. The van der Waals surface area contributed by atoms with Crippen molar-refractivity contribution in [1.29, 1.82) is 0 Å². The van der Waals surface area contributed by atoms with E-state index in [9.17, 15) is 15.0 Å². The maximum atomic E-state index is 14.7. The fourth-order valence-corrected chi connectivity index (χ4v) is 6.27. The number of aliphatic hydroxyl groups is 2. The second kappa shape index (κ2) is 14.3. The molecule has 0 saturated carbocycles. The van der Waals surface area contributed by atoms with Gasteiger partial charge in [-0.2, -0.15) is 0 Å². The Morgan fingerprint density at radius 1 is 1.09 bits per heavy atom. The molecular formula is C33H40Cl2N4O5. The van der Waals surface area contributed by atoms with Crippen molar-refractivity contribution in [3.05, 3.63) is 81.9 Å².